The fourth-order valence-corrected chi connectivity index (χ4v) is 8.06. The molecule has 0 unspecified atom stereocenters. The smallest absolute Gasteiger partial charge is 0.170 e. The average molecular weight is 687 g/mol. The van der Waals surface area contributed by atoms with Gasteiger partial charge < -0.3 is 40.2 Å². The van der Waals surface area contributed by atoms with Gasteiger partial charge in [0, 0.05) is 27.5 Å². The second-order valence-electron chi connectivity index (χ2n) is 13.5. The molecule has 0 radical (unpaired) electrons. The monoisotopic (exact) mass is 686 g/mol. The molecule has 9 heteroatoms. The lowest BCUT2D eigenvalue weighted by atomic mass is 9.78. The standard InChI is InChI=1S/C43H31BO8/c1-19-37(45)36(44)33(39(47)38(19)46)35-42(50)40(48)34(41(49)43(35)51)32-26-12-6-4-10-24(26)31(25-11-5-7-13-27(25)32)22-14-15-23-28-16-20-8-2-3-9-21(20)17-30(28)52-29(23)18-22/h2-4,6-10,12-18,45-51H,5,11,44H2,1H3. The molecule has 0 amide bonds. The van der Waals surface area contributed by atoms with E-state index in [1.54, 1.807) is 0 Å². The second kappa shape index (κ2) is 11.1. The molecule has 7 aromatic carbocycles. The van der Waals surface area contributed by atoms with Gasteiger partial charge in [-0.25, -0.2) is 0 Å². The summed E-state index contributed by atoms with van der Waals surface area (Å²) in [6, 6.07) is 26.1. The maximum absolute atomic E-state index is 11.7. The molecule has 0 saturated heterocycles. The van der Waals surface area contributed by atoms with Crippen molar-refractivity contribution >= 4 is 62.9 Å². The number of allylic oxidation sites excluding steroid dienone is 1. The van der Waals surface area contributed by atoms with Gasteiger partial charge in [-0.05, 0) is 93.3 Å². The highest BCUT2D eigenvalue weighted by Gasteiger charge is 2.33. The van der Waals surface area contributed by atoms with Crippen LogP contribution in [0.3, 0.4) is 0 Å². The van der Waals surface area contributed by atoms with Crippen LogP contribution in [0.15, 0.2) is 89.4 Å². The Kier molecular flexibility index (Phi) is 6.69. The Balaban J connectivity index is 1.31. The Morgan fingerprint density at radius 2 is 1.12 bits per heavy atom. The van der Waals surface area contributed by atoms with Crippen molar-refractivity contribution in [2.45, 2.75) is 19.8 Å². The number of aromatic hydroxyl groups is 7. The summed E-state index contributed by atoms with van der Waals surface area (Å²) < 4.78 is 6.43. The summed E-state index contributed by atoms with van der Waals surface area (Å²) in [5.74, 6) is -5.00. The first-order valence-electron chi connectivity index (χ1n) is 16.9. The summed E-state index contributed by atoms with van der Waals surface area (Å²) in [6.45, 7) is 1.39. The van der Waals surface area contributed by atoms with Gasteiger partial charge in [-0.1, -0.05) is 66.7 Å². The highest BCUT2D eigenvalue weighted by molar-refractivity contribution is 6.39. The van der Waals surface area contributed by atoms with E-state index in [4.69, 9.17) is 4.42 Å². The van der Waals surface area contributed by atoms with Gasteiger partial charge in [-0.3, -0.25) is 0 Å². The molecular formula is C43H31BO8. The van der Waals surface area contributed by atoms with Gasteiger partial charge in [0.25, 0.3) is 0 Å². The van der Waals surface area contributed by atoms with Gasteiger partial charge in [-0.15, -0.1) is 0 Å². The van der Waals surface area contributed by atoms with Gasteiger partial charge in [-0.2, -0.15) is 0 Å². The van der Waals surface area contributed by atoms with Crippen LogP contribution < -0.4 is 5.46 Å². The van der Waals surface area contributed by atoms with Crippen LogP contribution in [-0.4, -0.2) is 43.6 Å². The van der Waals surface area contributed by atoms with Crippen molar-refractivity contribution in [1.29, 1.82) is 0 Å². The molecule has 52 heavy (non-hydrogen) atoms. The van der Waals surface area contributed by atoms with Crippen molar-refractivity contribution in [1.82, 2.24) is 0 Å². The minimum Gasteiger partial charge on any atom is -0.508 e. The number of phenols is 7. The van der Waals surface area contributed by atoms with E-state index in [1.807, 2.05) is 54.6 Å². The maximum atomic E-state index is 11.7. The van der Waals surface area contributed by atoms with Crippen molar-refractivity contribution in [3.63, 3.8) is 0 Å². The van der Waals surface area contributed by atoms with Crippen LogP contribution in [0.25, 0.3) is 82.9 Å². The molecule has 8 aromatic rings. The van der Waals surface area contributed by atoms with E-state index < -0.39 is 40.1 Å². The lowest BCUT2D eigenvalue weighted by Crippen LogP contribution is -2.10. The summed E-state index contributed by atoms with van der Waals surface area (Å²) in [7, 11) is 1.41. The fourth-order valence-electron chi connectivity index (χ4n) is 8.06. The average Bonchev–Trinajstić information content (AvgIpc) is 3.52. The van der Waals surface area contributed by atoms with Crippen LogP contribution in [0.1, 0.15) is 23.1 Å². The lowest BCUT2D eigenvalue weighted by Gasteiger charge is -2.25. The number of hydrogen-bond acceptors (Lipinski definition) is 8. The van der Waals surface area contributed by atoms with Crippen LogP contribution in [0.5, 0.6) is 40.2 Å². The molecule has 254 valence electrons. The van der Waals surface area contributed by atoms with Crippen LogP contribution in [0.4, 0.5) is 0 Å². The van der Waals surface area contributed by atoms with E-state index in [0.717, 1.165) is 61.2 Å². The molecule has 0 aliphatic heterocycles. The third-order valence-corrected chi connectivity index (χ3v) is 10.6. The quantitative estimate of drug-likeness (QED) is 0.0556. The number of furan rings is 1. The van der Waals surface area contributed by atoms with Gasteiger partial charge in [0.2, 0.25) is 0 Å². The van der Waals surface area contributed by atoms with Crippen molar-refractivity contribution < 1.29 is 40.2 Å². The van der Waals surface area contributed by atoms with E-state index in [1.165, 1.54) is 14.8 Å². The van der Waals surface area contributed by atoms with Crippen molar-refractivity contribution in [2.24, 2.45) is 0 Å². The zero-order valence-electron chi connectivity index (χ0n) is 28.1. The van der Waals surface area contributed by atoms with E-state index in [2.05, 4.69) is 36.4 Å². The predicted octanol–water partition coefficient (Wildman–Crippen LogP) is 8.36. The van der Waals surface area contributed by atoms with E-state index in [9.17, 15) is 35.7 Å². The molecular weight excluding hydrogens is 655 g/mol. The van der Waals surface area contributed by atoms with Crippen LogP contribution >= 0.6 is 0 Å². The molecule has 1 heterocycles. The Labute approximate surface area is 297 Å². The SMILES string of the molecule is Bc1c(O)c(C)c(O)c(O)c1-c1c(O)c(O)c(-c2c3c(c(-c4ccc5c(c4)oc4cc6ccccc6cc45)c4ccccc24)CCC=C3)c(O)c1O. The first-order chi connectivity index (χ1) is 25.1. The maximum Gasteiger partial charge on any atom is 0.170 e. The van der Waals surface area contributed by atoms with Crippen molar-refractivity contribution in [3.05, 3.63) is 102 Å². The van der Waals surface area contributed by atoms with Gasteiger partial charge in [0.05, 0.1) is 11.1 Å². The van der Waals surface area contributed by atoms with E-state index in [0.29, 0.717) is 22.9 Å². The Bertz CT molecular complexity index is 2840. The highest BCUT2D eigenvalue weighted by atomic mass is 16.3. The van der Waals surface area contributed by atoms with Crippen LogP contribution in [-0.2, 0) is 6.42 Å². The first-order valence-corrected chi connectivity index (χ1v) is 16.9. The lowest BCUT2D eigenvalue weighted by molar-refractivity contribution is 0.375. The molecule has 8 nitrogen and oxygen atoms in total. The summed E-state index contributed by atoms with van der Waals surface area (Å²) in [4.78, 5) is 0. The molecule has 0 fully saturated rings. The van der Waals surface area contributed by atoms with Crippen LogP contribution in [0, 0.1) is 6.92 Å². The Morgan fingerprint density at radius 3 is 1.81 bits per heavy atom. The topological polar surface area (TPSA) is 155 Å². The normalized spacial score (nSPS) is 12.7. The minimum atomic E-state index is -0.851. The number of benzene rings is 7. The first kappa shape index (κ1) is 31.3. The molecule has 7 N–H and O–H groups in total. The molecule has 0 saturated carbocycles. The second-order valence-corrected chi connectivity index (χ2v) is 13.5. The zero-order chi connectivity index (χ0) is 36.2. The Morgan fingerprint density at radius 1 is 0.538 bits per heavy atom. The number of rotatable bonds is 3. The molecule has 9 rings (SSSR count). The minimum absolute atomic E-state index is 0.00904. The van der Waals surface area contributed by atoms with Gasteiger partial charge in [0.15, 0.2) is 34.5 Å². The predicted molar refractivity (Wildman–Crippen MR) is 207 cm³/mol. The van der Waals surface area contributed by atoms with Gasteiger partial charge in [0.1, 0.15) is 24.8 Å². The molecule has 0 atom stereocenters. The third kappa shape index (κ3) is 4.22. The van der Waals surface area contributed by atoms with Crippen molar-refractivity contribution in [3.8, 4) is 73.6 Å². The molecule has 1 aromatic heterocycles. The molecule has 0 spiro atoms. The summed E-state index contributed by atoms with van der Waals surface area (Å²) >= 11 is 0. The highest BCUT2D eigenvalue weighted by Crippen LogP contribution is 2.59. The summed E-state index contributed by atoms with van der Waals surface area (Å²) in [5, 5.41) is 84.2. The fraction of sp³-hybridized carbons (Fsp3) is 0.0698. The van der Waals surface area contributed by atoms with Crippen molar-refractivity contribution in [2.75, 3.05) is 0 Å². The zero-order valence-corrected chi connectivity index (χ0v) is 28.1. The summed E-state index contributed by atoms with van der Waals surface area (Å²) in [6.07, 6.45) is 5.29. The summed E-state index contributed by atoms with van der Waals surface area (Å²) in [5.41, 5.74) is 4.35. The largest absolute Gasteiger partial charge is 0.508 e. The molecule has 1 aliphatic carbocycles. The van der Waals surface area contributed by atoms with E-state index in [-0.39, 0.29) is 27.9 Å². The Hall–Kier alpha value is -6.74. The number of fused-ring (bicyclic) bond motifs is 6. The van der Waals surface area contributed by atoms with Crippen LogP contribution in [0.2, 0.25) is 0 Å². The number of phenolic OH excluding ortho intramolecular Hbond substituents is 7. The third-order valence-electron chi connectivity index (χ3n) is 10.6. The molecule has 1 aliphatic rings. The van der Waals surface area contributed by atoms with E-state index >= 15 is 0 Å². The number of hydrogen-bond donors (Lipinski definition) is 7. The molecule has 0 bridgehead atoms. The van der Waals surface area contributed by atoms with Gasteiger partial charge >= 0.3 is 0 Å².